The van der Waals surface area contributed by atoms with Gasteiger partial charge in [0.05, 0.1) is 6.20 Å². The number of carbonyl (C=O) groups is 2. The zero-order valence-electron chi connectivity index (χ0n) is 13.8. The van der Waals surface area contributed by atoms with Gasteiger partial charge in [-0.1, -0.05) is 49.4 Å². The van der Waals surface area contributed by atoms with Gasteiger partial charge in [0.15, 0.2) is 5.69 Å². The number of carboxylic acids is 1. The first-order valence-electron chi connectivity index (χ1n) is 7.89. The summed E-state index contributed by atoms with van der Waals surface area (Å²) in [6.07, 6.45) is 2.14. The SMILES string of the molecule is CC(C)C(CNC(=O)Cn1cc(C(=O)O)nn1)Cc1ccccc1. The highest BCUT2D eigenvalue weighted by atomic mass is 16.4. The molecule has 0 radical (unpaired) electrons. The molecule has 1 aromatic heterocycles. The van der Waals surface area contributed by atoms with Crippen molar-refractivity contribution in [3.8, 4) is 0 Å². The van der Waals surface area contributed by atoms with Crippen LogP contribution in [0.2, 0.25) is 0 Å². The third-order valence-electron chi connectivity index (χ3n) is 3.91. The normalized spacial score (nSPS) is 12.1. The maximum atomic E-state index is 12.0. The van der Waals surface area contributed by atoms with Crippen LogP contribution >= 0.6 is 0 Å². The Labute approximate surface area is 140 Å². The van der Waals surface area contributed by atoms with Gasteiger partial charge in [-0.2, -0.15) is 0 Å². The fourth-order valence-corrected chi connectivity index (χ4v) is 2.38. The van der Waals surface area contributed by atoms with Crippen molar-refractivity contribution in [3.63, 3.8) is 0 Å². The molecule has 0 bridgehead atoms. The average Bonchev–Trinajstić information content (AvgIpc) is 3.01. The Bertz CT molecular complexity index is 682. The van der Waals surface area contributed by atoms with Crippen LogP contribution in [0.3, 0.4) is 0 Å². The number of carboxylic acid groups (broad SMARTS) is 1. The smallest absolute Gasteiger partial charge is 0.358 e. The Morgan fingerprint density at radius 1 is 1.25 bits per heavy atom. The van der Waals surface area contributed by atoms with Crippen molar-refractivity contribution >= 4 is 11.9 Å². The summed E-state index contributed by atoms with van der Waals surface area (Å²) < 4.78 is 1.22. The second kappa shape index (κ2) is 8.24. The van der Waals surface area contributed by atoms with Crippen molar-refractivity contribution < 1.29 is 14.7 Å². The van der Waals surface area contributed by atoms with E-state index in [-0.39, 0.29) is 18.1 Å². The Balaban J connectivity index is 1.86. The fourth-order valence-electron chi connectivity index (χ4n) is 2.38. The number of amides is 1. The molecule has 7 heteroatoms. The number of benzene rings is 1. The number of aromatic carboxylic acids is 1. The molecule has 0 saturated heterocycles. The summed E-state index contributed by atoms with van der Waals surface area (Å²) in [5.41, 5.74) is 1.07. The first-order chi connectivity index (χ1) is 11.5. The quantitative estimate of drug-likeness (QED) is 0.766. The number of hydrogen-bond donors (Lipinski definition) is 2. The van der Waals surface area contributed by atoms with Gasteiger partial charge >= 0.3 is 5.97 Å². The minimum Gasteiger partial charge on any atom is -0.476 e. The molecular formula is C17H22N4O3. The highest BCUT2D eigenvalue weighted by Gasteiger charge is 2.16. The molecule has 128 valence electrons. The number of aromatic nitrogens is 3. The molecule has 0 aliphatic rings. The molecule has 0 saturated carbocycles. The summed E-state index contributed by atoms with van der Waals surface area (Å²) in [6.45, 7) is 4.79. The molecular weight excluding hydrogens is 308 g/mol. The minimum absolute atomic E-state index is 0.0452. The van der Waals surface area contributed by atoms with E-state index in [9.17, 15) is 9.59 Å². The number of carbonyl (C=O) groups excluding carboxylic acids is 1. The van der Waals surface area contributed by atoms with E-state index >= 15 is 0 Å². The van der Waals surface area contributed by atoms with E-state index in [1.54, 1.807) is 0 Å². The van der Waals surface area contributed by atoms with Crippen LogP contribution in [0.25, 0.3) is 0 Å². The first-order valence-corrected chi connectivity index (χ1v) is 7.89. The Morgan fingerprint density at radius 3 is 2.54 bits per heavy atom. The van der Waals surface area contributed by atoms with Gasteiger partial charge in [-0.05, 0) is 23.8 Å². The number of nitrogens with one attached hydrogen (secondary N) is 1. The third kappa shape index (κ3) is 5.19. The van der Waals surface area contributed by atoms with Crippen LogP contribution in [0.4, 0.5) is 0 Å². The maximum Gasteiger partial charge on any atom is 0.358 e. The van der Waals surface area contributed by atoms with Gasteiger partial charge in [0.1, 0.15) is 6.54 Å². The van der Waals surface area contributed by atoms with E-state index < -0.39 is 5.97 Å². The average molecular weight is 330 g/mol. The van der Waals surface area contributed by atoms with Gasteiger partial charge in [-0.25, -0.2) is 9.48 Å². The summed E-state index contributed by atoms with van der Waals surface area (Å²) in [5.74, 6) is -0.628. The Hall–Kier alpha value is -2.70. The second-order valence-electron chi connectivity index (χ2n) is 6.10. The van der Waals surface area contributed by atoms with Crippen molar-refractivity contribution in [1.82, 2.24) is 20.3 Å². The van der Waals surface area contributed by atoms with Crippen LogP contribution in [-0.4, -0.2) is 38.5 Å². The number of nitrogens with zero attached hydrogens (tertiary/aromatic N) is 3. The van der Waals surface area contributed by atoms with Crippen molar-refractivity contribution in [2.24, 2.45) is 11.8 Å². The van der Waals surface area contributed by atoms with Crippen LogP contribution in [-0.2, 0) is 17.8 Å². The number of hydrogen-bond acceptors (Lipinski definition) is 4. The third-order valence-corrected chi connectivity index (χ3v) is 3.91. The van der Waals surface area contributed by atoms with Crippen LogP contribution in [0, 0.1) is 11.8 Å². The minimum atomic E-state index is -1.16. The lowest BCUT2D eigenvalue weighted by atomic mass is 9.89. The lowest BCUT2D eigenvalue weighted by Crippen LogP contribution is -2.34. The molecule has 24 heavy (non-hydrogen) atoms. The van der Waals surface area contributed by atoms with E-state index in [0.717, 1.165) is 6.42 Å². The standard InChI is InChI=1S/C17H22N4O3/c1-12(2)14(8-13-6-4-3-5-7-13)9-18-16(22)11-21-10-15(17(23)24)19-20-21/h3-7,10,12,14H,8-9,11H2,1-2H3,(H,18,22)(H,23,24). The maximum absolute atomic E-state index is 12.0. The fraction of sp³-hybridized carbons (Fsp3) is 0.412. The predicted molar refractivity (Wildman–Crippen MR) is 88.5 cm³/mol. The van der Waals surface area contributed by atoms with E-state index in [1.165, 1.54) is 16.4 Å². The molecule has 0 spiro atoms. The molecule has 2 aromatic rings. The molecule has 0 fully saturated rings. The van der Waals surface area contributed by atoms with Crippen molar-refractivity contribution in [1.29, 1.82) is 0 Å². The molecule has 1 aromatic carbocycles. The Morgan fingerprint density at radius 2 is 1.96 bits per heavy atom. The summed E-state index contributed by atoms with van der Waals surface area (Å²) in [7, 11) is 0. The predicted octanol–water partition coefficient (Wildman–Crippen LogP) is 1.61. The highest BCUT2D eigenvalue weighted by Crippen LogP contribution is 2.16. The van der Waals surface area contributed by atoms with E-state index in [4.69, 9.17) is 5.11 Å². The lowest BCUT2D eigenvalue weighted by molar-refractivity contribution is -0.122. The molecule has 7 nitrogen and oxygen atoms in total. The van der Waals surface area contributed by atoms with Crippen molar-refractivity contribution in [2.45, 2.75) is 26.8 Å². The van der Waals surface area contributed by atoms with Crippen LogP contribution in [0.15, 0.2) is 36.5 Å². The van der Waals surface area contributed by atoms with Gasteiger partial charge in [0.2, 0.25) is 5.91 Å². The zero-order chi connectivity index (χ0) is 17.5. The van der Waals surface area contributed by atoms with Gasteiger partial charge in [-0.3, -0.25) is 4.79 Å². The molecule has 1 atom stereocenters. The highest BCUT2D eigenvalue weighted by molar-refractivity contribution is 5.84. The second-order valence-corrected chi connectivity index (χ2v) is 6.10. The summed E-state index contributed by atoms with van der Waals surface area (Å²) >= 11 is 0. The van der Waals surface area contributed by atoms with Crippen molar-refractivity contribution in [3.05, 3.63) is 47.8 Å². The lowest BCUT2D eigenvalue weighted by Gasteiger charge is -2.21. The molecule has 0 aliphatic heterocycles. The first kappa shape index (κ1) is 17.7. The van der Waals surface area contributed by atoms with Crippen LogP contribution < -0.4 is 5.32 Å². The largest absolute Gasteiger partial charge is 0.476 e. The van der Waals surface area contributed by atoms with Crippen LogP contribution in [0.1, 0.15) is 29.9 Å². The monoisotopic (exact) mass is 330 g/mol. The molecule has 1 amide bonds. The van der Waals surface area contributed by atoms with Gasteiger partial charge in [0.25, 0.3) is 0 Å². The van der Waals surface area contributed by atoms with Crippen molar-refractivity contribution in [2.75, 3.05) is 6.54 Å². The van der Waals surface area contributed by atoms with Gasteiger partial charge < -0.3 is 10.4 Å². The molecule has 0 aliphatic carbocycles. The molecule has 2 rings (SSSR count). The molecule has 1 unspecified atom stereocenters. The van der Waals surface area contributed by atoms with Gasteiger partial charge in [-0.15, -0.1) is 5.10 Å². The molecule has 1 heterocycles. The van der Waals surface area contributed by atoms with E-state index in [2.05, 4.69) is 41.6 Å². The summed E-state index contributed by atoms with van der Waals surface area (Å²) in [4.78, 5) is 22.8. The number of rotatable bonds is 8. The van der Waals surface area contributed by atoms with E-state index in [1.807, 2.05) is 18.2 Å². The van der Waals surface area contributed by atoms with Gasteiger partial charge in [0, 0.05) is 6.54 Å². The summed E-state index contributed by atoms with van der Waals surface area (Å²) in [6, 6.07) is 10.2. The Kier molecular flexibility index (Phi) is 6.06. The van der Waals surface area contributed by atoms with E-state index in [0.29, 0.717) is 18.4 Å². The summed E-state index contributed by atoms with van der Waals surface area (Å²) in [5, 5.41) is 18.8. The van der Waals surface area contributed by atoms with Crippen LogP contribution in [0.5, 0.6) is 0 Å². The molecule has 2 N–H and O–H groups in total. The topological polar surface area (TPSA) is 97.1 Å². The zero-order valence-corrected chi connectivity index (χ0v) is 13.8.